The Kier molecular flexibility index (Phi) is 6.16. The van der Waals surface area contributed by atoms with E-state index in [1.54, 1.807) is 19.9 Å². The monoisotopic (exact) mass is 342 g/mol. The molecule has 20 heavy (non-hydrogen) atoms. The first-order chi connectivity index (χ1) is 9.35. The highest BCUT2D eigenvalue weighted by Crippen LogP contribution is 2.20. The second-order valence-corrected chi connectivity index (χ2v) is 5.75. The first-order valence-corrected chi connectivity index (χ1v) is 7.13. The molecular weight excluding hydrogens is 324 g/mol. The summed E-state index contributed by atoms with van der Waals surface area (Å²) >= 11 is 3.31. The van der Waals surface area contributed by atoms with Crippen molar-refractivity contribution in [2.75, 3.05) is 11.9 Å². The third-order valence-corrected chi connectivity index (χ3v) is 3.65. The van der Waals surface area contributed by atoms with Crippen molar-refractivity contribution in [3.63, 3.8) is 0 Å². The Morgan fingerprint density at radius 1 is 1.30 bits per heavy atom. The summed E-state index contributed by atoms with van der Waals surface area (Å²) in [6.45, 7) is 5.34. The van der Waals surface area contributed by atoms with Crippen LogP contribution in [0.2, 0.25) is 0 Å². The zero-order valence-corrected chi connectivity index (χ0v) is 13.3. The second-order valence-electron chi connectivity index (χ2n) is 4.84. The molecule has 0 bridgehead atoms. The van der Waals surface area contributed by atoms with Gasteiger partial charge in [-0.3, -0.25) is 9.59 Å². The molecule has 0 aliphatic rings. The van der Waals surface area contributed by atoms with E-state index in [4.69, 9.17) is 5.11 Å². The number of aryl methyl sites for hydroxylation is 1. The van der Waals surface area contributed by atoms with Crippen molar-refractivity contribution >= 4 is 33.4 Å². The number of rotatable bonds is 4. The minimum Gasteiger partial charge on any atom is -0.396 e. The molecule has 0 aromatic heterocycles. The predicted octanol–water partition coefficient (Wildman–Crippen LogP) is 1.83. The number of carbonyl (C=O) groups is 2. The SMILES string of the molecule is Cc1ccc(Br)cc1NC(=O)C(=O)NC(C)C(C)CO. The highest BCUT2D eigenvalue weighted by atomic mass is 79.9. The Labute approximate surface area is 126 Å². The summed E-state index contributed by atoms with van der Waals surface area (Å²) in [7, 11) is 0. The van der Waals surface area contributed by atoms with Gasteiger partial charge in [-0.15, -0.1) is 0 Å². The number of hydrogen-bond donors (Lipinski definition) is 3. The molecule has 2 atom stereocenters. The van der Waals surface area contributed by atoms with Crippen LogP contribution >= 0.6 is 15.9 Å². The quantitative estimate of drug-likeness (QED) is 0.730. The third kappa shape index (κ3) is 4.61. The predicted molar refractivity (Wildman–Crippen MR) is 81.4 cm³/mol. The number of aliphatic hydroxyl groups is 1. The van der Waals surface area contributed by atoms with E-state index in [1.807, 2.05) is 19.1 Å². The lowest BCUT2D eigenvalue weighted by Gasteiger charge is -2.19. The molecule has 2 unspecified atom stereocenters. The van der Waals surface area contributed by atoms with Gasteiger partial charge in [0.25, 0.3) is 0 Å². The van der Waals surface area contributed by atoms with Crippen LogP contribution in [0.3, 0.4) is 0 Å². The summed E-state index contributed by atoms with van der Waals surface area (Å²) in [6, 6.07) is 5.16. The molecule has 2 amide bonds. The van der Waals surface area contributed by atoms with Gasteiger partial charge >= 0.3 is 11.8 Å². The van der Waals surface area contributed by atoms with Gasteiger partial charge in [-0.25, -0.2) is 0 Å². The first-order valence-electron chi connectivity index (χ1n) is 6.34. The van der Waals surface area contributed by atoms with Gasteiger partial charge in [0.05, 0.1) is 0 Å². The van der Waals surface area contributed by atoms with Crippen molar-refractivity contribution in [1.82, 2.24) is 5.32 Å². The topological polar surface area (TPSA) is 78.4 Å². The zero-order chi connectivity index (χ0) is 15.3. The van der Waals surface area contributed by atoms with Gasteiger partial charge in [-0.2, -0.15) is 0 Å². The molecule has 0 aliphatic carbocycles. The van der Waals surface area contributed by atoms with E-state index < -0.39 is 11.8 Å². The smallest absolute Gasteiger partial charge is 0.313 e. The Morgan fingerprint density at radius 3 is 2.55 bits per heavy atom. The largest absolute Gasteiger partial charge is 0.396 e. The normalized spacial score (nSPS) is 13.4. The fourth-order valence-corrected chi connectivity index (χ4v) is 1.84. The maximum atomic E-state index is 11.8. The van der Waals surface area contributed by atoms with Gasteiger partial charge in [0, 0.05) is 22.8 Å². The fraction of sp³-hybridized carbons (Fsp3) is 0.429. The Hall–Kier alpha value is -1.40. The average molecular weight is 343 g/mol. The molecule has 110 valence electrons. The molecule has 0 aliphatic heterocycles. The summed E-state index contributed by atoms with van der Waals surface area (Å²) in [5, 5.41) is 14.1. The van der Waals surface area contributed by atoms with E-state index in [1.165, 1.54) is 0 Å². The van der Waals surface area contributed by atoms with Crippen LogP contribution in [0.4, 0.5) is 5.69 Å². The molecule has 0 spiro atoms. The lowest BCUT2D eigenvalue weighted by Crippen LogP contribution is -2.44. The standard InChI is InChI=1S/C14H19BrN2O3/c1-8-4-5-11(15)6-12(8)17-14(20)13(19)16-10(3)9(2)7-18/h4-6,9-10,18H,7H2,1-3H3,(H,16,19)(H,17,20). The number of aliphatic hydroxyl groups excluding tert-OH is 1. The molecule has 3 N–H and O–H groups in total. The number of amides is 2. The molecule has 1 aromatic carbocycles. The van der Waals surface area contributed by atoms with E-state index >= 15 is 0 Å². The van der Waals surface area contributed by atoms with Crippen LogP contribution in [-0.4, -0.2) is 29.6 Å². The number of halogens is 1. The van der Waals surface area contributed by atoms with Gasteiger partial charge in [-0.05, 0) is 37.5 Å². The zero-order valence-electron chi connectivity index (χ0n) is 11.7. The lowest BCUT2D eigenvalue weighted by atomic mass is 10.1. The summed E-state index contributed by atoms with van der Waals surface area (Å²) in [6.07, 6.45) is 0. The molecular formula is C14H19BrN2O3. The maximum absolute atomic E-state index is 11.8. The summed E-state index contributed by atoms with van der Waals surface area (Å²) < 4.78 is 0.820. The van der Waals surface area contributed by atoms with Gasteiger partial charge in [-0.1, -0.05) is 28.9 Å². The van der Waals surface area contributed by atoms with E-state index in [9.17, 15) is 9.59 Å². The average Bonchev–Trinajstić information content (AvgIpc) is 2.41. The number of carbonyl (C=O) groups excluding carboxylic acids is 2. The first kappa shape index (κ1) is 16.7. The van der Waals surface area contributed by atoms with Gasteiger partial charge in [0.1, 0.15) is 0 Å². The van der Waals surface area contributed by atoms with Crippen molar-refractivity contribution < 1.29 is 14.7 Å². The number of hydrogen-bond acceptors (Lipinski definition) is 3. The van der Waals surface area contributed by atoms with Crippen molar-refractivity contribution in [2.45, 2.75) is 26.8 Å². The van der Waals surface area contributed by atoms with Crippen molar-refractivity contribution in [3.8, 4) is 0 Å². The van der Waals surface area contributed by atoms with Gasteiger partial charge < -0.3 is 15.7 Å². The van der Waals surface area contributed by atoms with E-state index in [-0.39, 0.29) is 18.6 Å². The van der Waals surface area contributed by atoms with E-state index in [0.717, 1.165) is 10.0 Å². The van der Waals surface area contributed by atoms with Crippen LogP contribution in [0.25, 0.3) is 0 Å². The molecule has 0 saturated carbocycles. The Balaban J connectivity index is 2.66. The minimum absolute atomic E-state index is 0.0478. The van der Waals surface area contributed by atoms with E-state index in [2.05, 4.69) is 26.6 Å². The molecule has 5 nitrogen and oxygen atoms in total. The minimum atomic E-state index is -0.719. The summed E-state index contributed by atoms with van der Waals surface area (Å²) in [5.74, 6) is -1.54. The number of nitrogens with one attached hydrogen (secondary N) is 2. The highest BCUT2D eigenvalue weighted by molar-refractivity contribution is 9.10. The molecule has 0 fully saturated rings. The number of anilines is 1. The highest BCUT2D eigenvalue weighted by Gasteiger charge is 2.19. The Bertz CT molecular complexity index is 505. The van der Waals surface area contributed by atoms with Crippen LogP contribution < -0.4 is 10.6 Å². The second kappa shape index (κ2) is 7.40. The third-order valence-electron chi connectivity index (χ3n) is 3.15. The summed E-state index contributed by atoms with van der Waals surface area (Å²) in [5.41, 5.74) is 1.45. The van der Waals surface area contributed by atoms with Crippen LogP contribution in [0.15, 0.2) is 22.7 Å². The Morgan fingerprint density at radius 2 is 1.95 bits per heavy atom. The van der Waals surface area contributed by atoms with Crippen LogP contribution in [0.1, 0.15) is 19.4 Å². The molecule has 1 aromatic rings. The summed E-state index contributed by atoms with van der Waals surface area (Å²) in [4.78, 5) is 23.6. The maximum Gasteiger partial charge on any atom is 0.313 e. The molecule has 1 rings (SSSR count). The van der Waals surface area contributed by atoms with Crippen LogP contribution in [0, 0.1) is 12.8 Å². The van der Waals surface area contributed by atoms with Crippen molar-refractivity contribution in [3.05, 3.63) is 28.2 Å². The van der Waals surface area contributed by atoms with Gasteiger partial charge in [0.2, 0.25) is 0 Å². The van der Waals surface area contributed by atoms with Crippen molar-refractivity contribution in [2.24, 2.45) is 5.92 Å². The van der Waals surface area contributed by atoms with Gasteiger partial charge in [0.15, 0.2) is 0 Å². The molecule has 0 saturated heterocycles. The number of benzene rings is 1. The molecule has 0 radical (unpaired) electrons. The fourth-order valence-electron chi connectivity index (χ4n) is 1.48. The van der Waals surface area contributed by atoms with Crippen LogP contribution in [0.5, 0.6) is 0 Å². The van der Waals surface area contributed by atoms with Crippen LogP contribution in [-0.2, 0) is 9.59 Å². The van der Waals surface area contributed by atoms with Crippen molar-refractivity contribution in [1.29, 1.82) is 0 Å². The lowest BCUT2D eigenvalue weighted by molar-refractivity contribution is -0.136. The van der Waals surface area contributed by atoms with E-state index in [0.29, 0.717) is 5.69 Å². The molecule has 6 heteroatoms. The molecule has 0 heterocycles.